The SMILES string of the molecule is CC1(C)CCC(O[Si](C)(C)C(C)(C)C)CC1[As]c1ccc(C#N)c(Cl)c1. The van der Waals surface area contributed by atoms with Gasteiger partial charge in [-0.1, -0.05) is 0 Å². The maximum atomic E-state index is 9.08. The number of rotatable bonds is 4. The molecule has 0 amide bonds. The van der Waals surface area contributed by atoms with E-state index >= 15 is 0 Å². The third-order valence-corrected chi connectivity index (χ3v) is 14.8. The summed E-state index contributed by atoms with van der Waals surface area (Å²) in [5.41, 5.74) is 0.909. The Balaban J connectivity index is 2.13. The molecule has 1 saturated carbocycles. The molecular weight excluding hydrogens is 421 g/mol. The molecule has 1 aliphatic carbocycles. The molecule has 0 heterocycles. The molecule has 2 unspecified atom stereocenters. The third kappa shape index (κ3) is 5.17. The van der Waals surface area contributed by atoms with Crippen molar-refractivity contribution in [2.24, 2.45) is 5.41 Å². The Morgan fingerprint density at radius 3 is 2.50 bits per heavy atom. The van der Waals surface area contributed by atoms with Gasteiger partial charge in [0.2, 0.25) is 0 Å². The average Bonchev–Trinajstić information content (AvgIpc) is 2.50. The molecule has 1 aromatic rings. The zero-order valence-electron chi connectivity index (χ0n) is 17.2. The first-order chi connectivity index (χ1) is 11.9. The van der Waals surface area contributed by atoms with Crippen LogP contribution in [0.2, 0.25) is 27.9 Å². The van der Waals surface area contributed by atoms with Crippen LogP contribution in [-0.2, 0) is 4.43 Å². The van der Waals surface area contributed by atoms with Crippen molar-refractivity contribution in [1.82, 2.24) is 0 Å². The topological polar surface area (TPSA) is 33.0 Å². The molecule has 2 rings (SSSR count). The van der Waals surface area contributed by atoms with Gasteiger partial charge in [0.05, 0.1) is 0 Å². The van der Waals surface area contributed by atoms with Crippen LogP contribution in [0.3, 0.4) is 0 Å². The standard InChI is InChI=1S/C21H32AsClNOSi/c1-20(2,3)26(6,7)25-17-10-11-21(4,5)19(13-17)22-16-9-8-15(14-24)18(23)12-16/h8-9,12,17,19H,10-11,13H2,1-7H3. The molecule has 0 saturated heterocycles. The second kappa shape index (κ2) is 8.00. The van der Waals surface area contributed by atoms with E-state index in [9.17, 15) is 0 Å². The zero-order valence-corrected chi connectivity index (χ0v) is 20.8. The fourth-order valence-corrected chi connectivity index (χ4v) is 8.20. The summed E-state index contributed by atoms with van der Waals surface area (Å²) in [5.74, 6) is 0. The average molecular weight is 453 g/mol. The van der Waals surface area contributed by atoms with Crippen molar-refractivity contribution in [1.29, 1.82) is 5.26 Å². The predicted molar refractivity (Wildman–Crippen MR) is 115 cm³/mol. The number of hydrogen-bond donors (Lipinski definition) is 0. The summed E-state index contributed by atoms with van der Waals surface area (Å²) in [6.07, 6.45) is 3.93. The predicted octanol–water partition coefficient (Wildman–Crippen LogP) is 5.93. The van der Waals surface area contributed by atoms with Gasteiger partial charge < -0.3 is 0 Å². The van der Waals surface area contributed by atoms with Crippen LogP contribution < -0.4 is 4.35 Å². The normalized spacial score (nSPS) is 24.0. The fraction of sp³-hybridized carbons (Fsp3) is 0.667. The van der Waals surface area contributed by atoms with Crippen LogP contribution in [0.1, 0.15) is 59.4 Å². The summed E-state index contributed by atoms with van der Waals surface area (Å²) in [4.78, 5) is 0. The van der Waals surface area contributed by atoms with Crippen molar-refractivity contribution in [3.8, 4) is 6.07 Å². The Kier molecular flexibility index (Phi) is 6.78. The fourth-order valence-electron chi connectivity index (χ4n) is 3.17. The Morgan fingerprint density at radius 2 is 1.96 bits per heavy atom. The van der Waals surface area contributed by atoms with Crippen LogP contribution >= 0.6 is 11.6 Å². The molecular formula is C21H32AsClNOSi. The Bertz CT molecular complexity index is 690. The van der Waals surface area contributed by atoms with Gasteiger partial charge in [0, 0.05) is 0 Å². The first kappa shape index (κ1) is 22.0. The Labute approximate surface area is 172 Å². The van der Waals surface area contributed by atoms with E-state index in [1.165, 1.54) is 17.2 Å². The number of nitrogens with zero attached hydrogens (tertiary/aromatic N) is 1. The van der Waals surface area contributed by atoms with Crippen molar-refractivity contribution in [2.45, 2.75) is 82.8 Å². The van der Waals surface area contributed by atoms with Crippen LogP contribution in [0.5, 0.6) is 0 Å². The van der Waals surface area contributed by atoms with E-state index in [-0.39, 0.29) is 20.8 Å². The molecule has 26 heavy (non-hydrogen) atoms. The van der Waals surface area contributed by atoms with Crippen LogP contribution in [0.25, 0.3) is 0 Å². The van der Waals surface area contributed by atoms with Gasteiger partial charge in [0.25, 0.3) is 0 Å². The van der Waals surface area contributed by atoms with E-state index in [0.717, 1.165) is 6.42 Å². The van der Waals surface area contributed by atoms with Gasteiger partial charge in [-0.05, 0) is 0 Å². The molecule has 5 heteroatoms. The van der Waals surface area contributed by atoms with Crippen LogP contribution in [-0.4, -0.2) is 30.2 Å². The molecule has 0 N–H and O–H groups in total. The van der Waals surface area contributed by atoms with Gasteiger partial charge in [-0.2, -0.15) is 0 Å². The molecule has 1 aromatic carbocycles. The first-order valence-electron chi connectivity index (χ1n) is 9.44. The molecule has 0 aliphatic heterocycles. The number of benzene rings is 1. The van der Waals surface area contributed by atoms with Crippen molar-refractivity contribution in [2.75, 3.05) is 0 Å². The van der Waals surface area contributed by atoms with Crippen LogP contribution in [0.15, 0.2) is 18.2 Å². The summed E-state index contributed by atoms with van der Waals surface area (Å²) in [7, 11) is -1.73. The van der Waals surface area contributed by atoms with Crippen LogP contribution in [0.4, 0.5) is 0 Å². The quantitative estimate of drug-likeness (QED) is 0.530. The molecule has 143 valence electrons. The van der Waals surface area contributed by atoms with Gasteiger partial charge in [-0.25, -0.2) is 0 Å². The van der Waals surface area contributed by atoms with Gasteiger partial charge in [0.1, 0.15) is 0 Å². The van der Waals surface area contributed by atoms with E-state index in [4.69, 9.17) is 21.3 Å². The summed E-state index contributed by atoms with van der Waals surface area (Å²) in [5, 5.41) is 9.92. The minimum atomic E-state index is -1.73. The Morgan fingerprint density at radius 1 is 1.31 bits per heavy atom. The summed E-state index contributed by atoms with van der Waals surface area (Å²) >= 11 is 6.25. The maximum absolute atomic E-state index is 9.08. The van der Waals surface area contributed by atoms with Gasteiger partial charge in [-0.3, -0.25) is 0 Å². The second-order valence-electron chi connectivity index (χ2n) is 9.68. The van der Waals surface area contributed by atoms with Gasteiger partial charge >= 0.3 is 173 Å². The number of hydrogen-bond acceptors (Lipinski definition) is 2. The number of nitriles is 1. The van der Waals surface area contributed by atoms with Crippen molar-refractivity contribution >= 4 is 40.0 Å². The van der Waals surface area contributed by atoms with E-state index in [1.807, 2.05) is 12.1 Å². The number of halogens is 1. The first-order valence-corrected chi connectivity index (χ1v) is 14.7. The molecule has 1 fully saturated rings. The molecule has 2 nitrogen and oxygen atoms in total. The van der Waals surface area contributed by atoms with E-state index in [0.29, 0.717) is 26.8 Å². The molecule has 0 aromatic heterocycles. The molecule has 2 atom stereocenters. The van der Waals surface area contributed by atoms with Crippen LogP contribution in [0, 0.1) is 16.7 Å². The van der Waals surface area contributed by atoms with Gasteiger partial charge in [-0.15, -0.1) is 0 Å². The molecule has 1 radical (unpaired) electrons. The second-order valence-corrected chi connectivity index (χ2v) is 17.8. The molecule has 1 aliphatic rings. The summed E-state index contributed by atoms with van der Waals surface area (Å²) < 4.78 is 8.72. The molecule has 0 spiro atoms. The summed E-state index contributed by atoms with van der Waals surface area (Å²) in [6, 6.07) is 8.12. The zero-order chi connectivity index (χ0) is 19.8. The van der Waals surface area contributed by atoms with E-state index in [1.54, 1.807) is 0 Å². The van der Waals surface area contributed by atoms with Crippen molar-refractivity contribution in [3.63, 3.8) is 0 Å². The monoisotopic (exact) mass is 452 g/mol. The summed E-state index contributed by atoms with van der Waals surface area (Å²) in [6.45, 7) is 16.5. The molecule has 0 bridgehead atoms. The third-order valence-electron chi connectivity index (χ3n) is 6.14. The van der Waals surface area contributed by atoms with E-state index < -0.39 is 8.32 Å². The van der Waals surface area contributed by atoms with E-state index in [2.05, 4.69) is 59.8 Å². The Hall–Kier alpha value is -0.265. The van der Waals surface area contributed by atoms with Gasteiger partial charge in [0.15, 0.2) is 0 Å². The van der Waals surface area contributed by atoms with Crippen molar-refractivity contribution < 1.29 is 4.43 Å². The minimum absolute atomic E-state index is 0.00299. The van der Waals surface area contributed by atoms with Crippen molar-refractivity contribution in [3.05, 3.63) is 28.8 Å².